The highest BCUT2D eigenvalue weighted by Crippen LogP contribution is 2.25. The van der Waals surface area contributed by atoms with Gasteiger partial charge in [-0.1, -0.05) is 32.1 Å². The summed E-state index contributed by atoms with van der Waals surface area (Å²) in [5, 5.41) is 3.00. The molecule has 36 heavy (non-hydrogen) atoms. The molecule has 1 saturated heterocycles. The maximum Gasteiger partial charge on any atom is 0.221 e. The molecule has 0 aliphatic carbocycles. The van der Waals surface area contributed by atoms with Gasteiger partial charge in [0, 0.05) is 41.4 Å². The lowest BCUT2D eigenvalue weighted by Gasteiger charge is -2.37. The number of hydrogen-bond donors (Lipinski definition) is 1. The van der Waals surface area contributed by atoms with Crippen molar-refractivity contribution >= 4 is 34.5 Å². The number of allylic oxidation sites excluding steroid dienone is 2. The maximum absolute atomic E-state index is 12.2. The van der Waals surface area contributed by atoms with Crippen LogP contribution in [0.4, 0.5) is 0 Å². The van der Waals surface area contributed by atoms with E-state index in [4.69, 9.17) is 23.6 Å². The third kappa shape index (κ3) is 13.3. The Bertz CT molecular complexity index is 744. The second kappa shape index (κ2) is 21.0. The summed E-state index contributed by atoms with van der Waals surface area (Å²) in [6, 6.07) is 8.64. The molecule has 0 aromatic heterocycles. The van der Waals surface area contributed by atoms with E-state index in [9.17, 15) is 4.79 Å². The number of nitrogens with zero attached hydrogens (tertiary/aromatic N) is 1. The van der Waals surface area contributed by atoms with Gasteiger partial charge >= 0.3 is 0 Å². The first-order chi connectivity index (χ1) is 17.5. The van der Waals surface area contributed by atoms with E-state index >= 15 is 0 Å². The summed E-state index contributed by atoms with van der Waals surface area (Å²) in [5.41, 5.74) is 2.63. The van der Waals surface area contributed by atoms with Crippen LogP contribution in [0.15, 0.2) is 30.3 Å². The topological polar surface area (TPSA) is 94.2 Å². The average molecular weight is 525 g/mol. The van der Waals surface area contributed by atoms with Gasteiger partial charge in [-0.05, 0) is 62.9 Å². The molecule has 1 N–H and O–H groups in total. The van der Waals surface area contributed by atoms with Gasteiger partial charge in [0.05, 0.1) is 12.7 Å². The van der Waals surface area contributed by atoms with E-state index in [2.05, 4.69) is 65.7 Å². The van der Waals surface area contributed by atoms with Crippen LogP contribution in [0.1, 0.15) is 64.9 Å². The molecule has 9 heteroatoms. The lowest BCUT2D eigenvalue weighted by atomic mass is 10.0. The van der Waals surface area contributed by atoms with Gasteiger partial charge < -0.3 is 33.8 Å². The molecule has 0 saturated carbocycles. The monoisotopic (exact) mass is 524 g/mol. The fraction of sp³-hybridized carbons (Fsp3) is 0.593. The van der Waals surface area contributed by atoms with Gasteiger partial charge in [-0.15, -0.1) is 0 Å². The molecule has 0 bridgehead atoms. The van der Waals surface area contributed by atoms with Crippen LogP contribution < -0.4 is 10.1 Å². The van der Waals surface area contributed by atoms with Crippen LogP contribution in [0.25, 0.3) is 5.57 Å². The minimum atomic E-state index is -0.192. The number of benzene rings is 1. The molecule has 1 fully saturated rings. The molecule has 0 spiro atoms. The van der Waals surface area contributed by atoms with Crippen molar-refractivity contribution in [3.05, 3.63) is 35.9 Å². The molecule has 1 aromatic carbocycles. The lowest BCUT2D eigenvalue weighted by molar-refractivity contribution is -0.153. The Balaban J connectivity index is 0.00000291. The standard InChI is InChI=1S/C25H41N2O4P.2CH2O/c1-5-8-20(6-2)21-9-11-23(12-10-21)29-16-7-14-26-24(28)13-15-27(4)22-17-19(3)30-25(18-22)31-32;2*1-2/h8-12,19,22,25H,5-7,13-18,32H2,1-4H3,(H,26,28);2*1H2/b20-8+;;/t19-,22?,25?;;/m1../s1. The number of amides is 1. The van der Waals surface area contributed by atoms with E-state index in [0.717, 1.165) is 44.4 Å². The number of rotatable bonds is 13. The van der Waals surface area contributed by atoms with Crippen LogP contribution in [0, 0.1) is 0 Å². The van der Waals surface area contributed by atoms with Crippen molar-refractivity contribution in [2.24, 2.45) is 0 Å². The molecule has 1 amide bonds. The van der Waals surface area contributed by atoms with Crippen LogP contribution in [0.3, 0.4) is 0 Å². The van der Waals surface area contributed by atoms with Crippen molar-refractivity contribution < 1.29 is 28.4 Å². The van der Waals surface area contributed by atoms with Crippen molar-refractivity contribution in [2.45, 2.75) is 77.7 Å². The zero-order chi connectivity index (χ0) is 27.3. The van der Waals surface area contributed by atoms with Crippen molar-refractivity contribution in [1.29, 1.82) is 0 Å². The minimum absolute atomic E-state index is 0.0787. The third-order valence-electron chi connectivity index (χ3n) is 5.89. The number of nitrogens with one attached hydrogen (secondary N) is 1. The van der Waals surface area contributed by atoms with Gasteiger partial charge in [0.1, 0.15) is 19.3 Å². The summed E-state index contributed by atoms with van der Waals surface area (Å²) in [6.45, 7) is 12.3. The second-order valence-corrected chi connectivity index (χ2v) is 8.71. The maximum atomic E-state index is 12.2. The van der Waals surface area contributed by atoms with Crippen molar-refractivity contribution in [3.8, 4) is 5.75 Å². The van der Waals surface area contributed by atoms with Crippen molar-refractivity contribution in [3.63, 3.8) is 0 Å². The Morgan fingerprint density at radius 1 is 1.19 bits per heavy atom. The fourth-order valence-electron chi connectivity index (χ4n) is 4.04. The molecule has 1 aliphatic rings. The van der Waals surface area contributed by atoms with Crippen LogP contribution in [0.5, 0.6) is 5.75 Å². The predicted molar refractivity (Wildman–Crippen MR) is 148 cm³/mol. The first-order valence-corrected chi connectivity index (χ1v) is 12.9. The van der Waals surface area contributed by atoms with Gasteiger partial charge in [-0.3, -0.25) is 4.79 Å². The Hall–Kier alpha value is -2.12. The zero-order valence-electron chi connectivity index (χ0n) is 22.4. The molecule has 3 unspecified atom stereocenters. The highest BCUT2D eigenvalue weighted by molar-refractivity contribution is 7.09. The Morgan fingerprint density at radius 2 is 1.86 bits per heavy atom. The van der Waals surface area contributed by atoms with Crippen LogP contribution in [0.2, 0.25) is 0 Å². The van der Waals surface area contributed by atoms with E-state index in [1.807, 2.05) is 25.7 Å². The van der Waals surface area contributed by atoms with Crippen LogP contribution in [-0.4, -0.2) is 69.6 Å². The van der Waals surface area contributed by atoms with Gasteiger partial charge in [0.2, 0.25) is 5.91 Å². The van der Waals surface area contributed by atoms with Crippen molar-refractivity contribution in [1.82, 2.24) is 10.2 Å². The Kier molecular flexibility index (Phi) is 19.8. The molecule has 1 aromatic rings. The average Bonchev–Trinajstić information content (AvgIpc) is 2.92. The summed E-state index contributed by atoms with van der Waals surface area (Å²) < 4.78 is 16.8. The second-order valence-electron chi connectivity index (χ2n) is 8.44. The molecule has 1 aliphatic heterocycles. The first kappa shape index (κ1) is 33.9. The first-order valence-electron chi connectivity index (χ1n) is 12.4. The fourth-order valence-corrected chi connectivity index (χ4v) is 4.21. The van der Waals surface area contributed by atoms with E-state index in [-0.39, 0.29) is 18.3 Å². The zero-order valence-corrected chi connectivity index (χ0v) is 23.5. The quantitative estimate of drug-likeness (QED) is 0.301. The van der Waals surface area contributed by atoms with Crippen molar-refractivity contribution in [2.75, 3.05) is 26.7 Å². The Morgan fingerprint density at radius 3 is 2.44 bits per heavy atom. The summed E-state index contributed by atoms with van der Waals surface area (Å²) in [5.74, 6) is 0.946. The lowest BCUT2D eigenvalue weighted by Crippen LogP contribution is -2.44. The van der Waals surface area contributed by atoms with E-state index in [1.165, 1.54) is 11.1 Å². The smallest absolute Gasteiger partial charge is 0.221 e. The van der Waals surface area contributed by atoms with Crippen LogP contribution >= 0.6 is 9.47 Å². The summed E-state index contributed by atoms with van der Waals surface area (Å²) in [6.07, 6.45) is 7.36. The number of hydrogen-bond acceptors (Lipinski definition) is 7. The normalized spacial score (nSPS) is 19.4. The molecule has 0 radical (unpaired) electrons. The third-order valence-corrected chi connectivity index (χ3v) is 6.19. The predicted octanol–water partition coefficient (Wildman–Crippen LogP) is 4.43. The van der Waals surface area contributed by atoms with E-state index in [1.54, 1.807) is 0 Å². The molecule has 8 nitrogen and oxygen atoms in total. The molecule has 2 rings (SSSR count). The number of carbonyl (C=O) groups excluding carboxylic acids is 3. The summed E-state index contributed by atoms with van der Waals surface area (Å²) >= 11 is 0. The van der Waals surface area contributed by atoms with Gasteiger partial charge in [0.25, 0.3) is 0 Å². The molecule has 204 valence electrons. The summed E-state index contributed by atoms with van der Waals surface area (Å²) in [4.78, 5) is 30.4. The molecule has 4 atom stereocenters. The number of carbonyl (C=O) groups is 3. The molecular formula is C27H45N2O6P. The van der Waals surface area contributed by atoms with Gasteiger partial charge in [-0.25, -0.2) is 0 Å². The Labute approximate surface area is 219 Å². The van der Waals surface area contributed by atoms with E-state index < -0.39 is 0 Å². The minimum Gasteiger partial charge on any atom is -0.494 e. The summed E-state index contributed by atoms with van der Waals surface area (Å²) in [7, 11) is 4.35. The largest absolute Gasteiger partial charge is 0.494 e. The van der Waals surface area contributed by atoms with Crippen LogP contribution in [-0.2, 0) is 23.6 Å². The van der Waals surface area contributed by atoms with Gasteiger partial charge in [-0.2, -0.15) is 0 Å². The van der Waals surface area contributed by atoms with E-state index in [0.29, 0.717) is 25.6 Å². The molecule has 1 heterocycles. The number of ether oxygens (including phenoxy) is 2. The highest BCUT2D eigenvalue weighted by atomic mass is 31.0. The van der Waals surface area contributed by atoms with Gasteiger partial charge in [0.15, 0.2) is 6.29 Å². The highest BCUT2D eigenvalue weighted by Gasteiger charge is 2.29. The SMILES string of the molecule is C=O.C=O.CC/C=C(\CC)c1ccc(OCCCNC(=O)CCN(C)C2CC(OP)O[C@H](C)C2)cc1. The molecular weight excluding hydrogens is 479 g/mol.